The molecule has 0 aromatic rings. The zero-order chi connectivity index (χ0) is 11.2. The topological polar surface area (TPSA) is 84.2 Å². The van der Waals surface area contributed by atoms with Gasteiger partial charge in [-0.15, -0.1) is 0 Å². The Bertz CT molecular complexity index is 91.4. The quantitative estimate of drug-likeness (QED) is 0.374. The molecule has 4 N–H and O–H groups in total. The van der Waals surface area contributed by atoms with Crippen LogP contribution in [-0.4, -0.2) is 65.7 Å². The summed E-state index contributed by atoms with van der Waals surface area (Å²) in [6.45, 7) is 4.85. The van der Waals surface area contributed by atoms with Crippen LogP contribution in [0.3, 0.4) is 0 Å². The van der Waals surface area contributed by atoms with Gasteiger partial charge in [-0.3, -0.25) is 4.90 Å². The molecule has 0 saturated heterocycles. The Kier molecular flexibility index (Phi) is 17.9. The lowest BCUT2D eigenvalue weighted by Gasteiger charge is -2.19. The minimum absolute atomic E-state index is 0.184. The van der Waals surface area contributed by atoms with Gasteiger partial charge in [-0.2, -0.15) is 0 Å². The molecule has 0 atom stereocenters. The van der Waals surface area contributed by atoms with E-state index < -0.39 is 7.69 Å². The minimum atomic E-state index is -0.750. The Labute approximate surface area is 86.3 Å². The zero-order valence-electron chi connectivity index (χ0n) is 8.89. The number of hydrogen-bond donors (Lipinski definition) is 4. The van der Waals surface area contributed by atoms with Crippen molar-refractivity contribution in [1.82, 2.24) is 4.90 Å². The lowest BCUT2D eigenvalue weighted by Crippen LogP contribution is -2.30. The second-order valence-electron chi connectivity index (χ2n) is 2.78. The van der Waals surface area contributed by atoms with E-state index >= 15 is 0 Å². The van der Waals surface area contributed by atoms with Crippen molar-refractivity contribution in [2.24, 2.45) is 0 Å². The van der Waals surface area contributed by atoms with Crippen LogP contribution in [0, 0.1) is 0 Å². The number of aliphatic hydroxyl groups excluding tert-OH is 2. The van der Waals surface area contributed by atoms with Gasteiger partial charge >= 0.3 is 7.69 Å². The first-order chi connectivity index (χ1) is 6.76. The summed E-state index contributed by atoms with van der Waals surface area (Å²) in [5.41, 5.74) is 0. The predicted molar refractivity (Wildman–Crippen MR) is 57.1 cm³/mol. The fraction of sp³-hybridized carbons (Fsp3) is 1.00. The third-order valence-corrected chi connectivity index (χ3v) is 1.66. The highest BCUT2D eigenvalue weighted by Gasteiger charge is 2.00. The van der Waals surface area contributed by atoms with Crippen molar-refractivity contribution >= 4 is 7.69 Å². The highest BCUT2D eigenvalue weighted by Crippen LogP contribution is 1.93. The van der Waals surface area contributed by atoms with Crippen LogP contribution in [0.2, 0.25) is 0 Å². The van der Waals surface area contributed by atoms with E-state index in [2.05, 4.69) is 11.8 Å². The summed E-state index contributed by atoms with van der Waals surface area (Å²) in [6, 6.07) is 0. The van der Waals surface area contributed by atoms with Crippen LogP contribution >= 0.6 is 0 Å². The number of aliphatic hydroxyl groups is 2. The Morgan fingerprint density at radius 2 is 1.43 bits per heavy atom. The molecule has 0 spiro atoms. The van der Waals surface area contributed by atoms with Crippen molar-refractivity contribution in [2.45, 2.75) is 19.8 Å². The summed E-state index contributed by atoms with van der Waals surface area (Å²) >= 11 is 0. The molecule has 0 fully saturated rings. The molecule has 0 aromatic carbocycles. The molecule has 86 valence electrons. The van der Waals surface area contributed by atoms with Gasteiger partial charge in [0.25, 0.3) is 0 Å². The van der Waals surface area contributed by atoms with E-state index in [9.17, 15) is 0 Å². The molecular weight excluding hydrogens is 185 g/mol. The van der Waals surface area contributed by atoms with Crippen LogP contribution in [0.25, 0.3) is 0 Å². The summed E-state index contributed by atoms with van der Waals surface area (Å²) < 4.78 is 0. The van der Waals surface area contributed by atoms with E-state index in [4.69, 9.17) is 20.3 Å². The first kappa shape index (κ1) is 16.3. The second-order valence-corrected chi connectivity index (χ2v) is 2.78. The maximum atomic E-state index is 8.64. The molecule has 0 rings (SSSR count). The van der Waals surface area contributed by atoms with Crippen LogP contribution in [0.5, 0.6) is 0 Å². The number of unbranched alkanes of at least 4 members (excludes halogenated alkanes) is 1. The molecule has 14 heavy (non-hydrogen) atoms. The summed E-state index contributed by atoms with van der Waals surface area (Å²) in [6.07, 6.45) is 2.30. The average molecular weight is 207 g/mol. The van der Waals surface area contributed by atoms with Gasteiger partial charge in [0.2, 0.25) is 0 Å². The fourth-order valence-electron chi connectivity index (χ4n) is 1.000. The molecule has 0 aromatic heterocycles. The molecular formula is C8H22BNO4. The van der Waals surface area contributed by atoms with E-state index in [0.717, 1.165) is 19.4 Å². The summed E-state index contributed by atoms with van der Waals surface area (Å²) in [5.74, 6) is 0. The van der Waals surface area contributed by atoms with Crippen molar-refractivity contribution in [2.75, 3.05) is 32.8 Å². The van der Waals surface area contributed by atoms with E-state index in [1.807, 2.05) is 0 Å². The molecule has 5 nitrogen and oxygen atoms in total. The van der Waals surface area contributed by atoms with Gasteiger partial charge in [-0.05, 0) is 13.0 Å². The Hall–Kier alpha value is -0.135. The predicted octanol–water partition coefficient (Wildman–Crippen LogP) is -1.69. The van der Waals surface area contributed by atoms with E-state index in [-0.39, 0.29) is 13.2 Å². The Balaban J connectivity index is 0. The smallest absolute Gasteiger partial charge is 0.430 e. The molecule has 0 radical (unpaired) electrons. The van der Waals surface area contributed by atoms with Crippen LogP contribution in [0.15, 0.2) is 0 Å². The molecule has 0 aliphatic rings. The molecule has 0 amide bonds. The van der Waals surface area contributed by atoms with Crippen LogP contribution < -0.4 is 0 Å². The Morgan fingerprint density at radius 3 is 1.71 bits per heavy atom. The monoisotopic (exact) mass is 207 g/mol. The number of rotatable bonds is 7. The van der Waals surface area contributed by atoms with Crippen LogP contribution in [0.4, 0.5) is 0 Å². The van der Waals surface area contributed by atoms with Gasteiger partial charge in [0.1, 0.15) is 0 Å². The lowest BCUT2D eigenvalue weighted by atomic mass is 10.3. The van der Waals surface area contributed by atoms with Gasteiger partial charge in [-0.1, -0.05) is 13.3 Å². The highest BCUT2D eigenvalue weighted by atomic mass is 16.4. The Morgan fingerprint density at radius 1 is 1.00 bits per heavy atom. The SMILES string of the molecule is CCCCN(CCO)CCO.OBO. The average Bonchev–Trinajstić information content (AvgIpc) is 2.16. The van der Waals surface area contributed by atoms with Crippen molar-refractivity contribution < 1.29 is 20.3 Å². The van der Waals surface area contributed by atoms with Crippen LogP contribution in [0.1, 0.15) is 19.8 Å². The molecule has 0 aliphatic heterocycles. The lowest BCUT2D eigenvalue weighted by molar-refractivity contribution is 0.159. The van der Waals surface area contributed by atoms with Gasteiger partial charge in [0.15, 0.2) is 0 Å². The van der Waals surface area contributed by atoms with Crippen molar-refractivity contribution in [3.8, 4) is 0 Å². The van der Waals surface area contributed by atoms with E-state index in [0.29, 0.717) is 13.1 Å². The van der Waals surface area contributed by atoms with Crippen LogP contribution in [-0.2, 0) is 0 Å². The molecule has 6 heteroatoms. The summed E-state index contributed by atoms with van der Waals surface area (Å²) in [7, 11) is -0.750. The maximum absolute atomic E-state index is 8.64. The zero-order valence-corrected chi connectivity index (χ0v) is 8.89. The molecule has 0 saturated carbocycles. The standard InChI is InChI=1S/C8H19NO2.BH3O2/c1-2-3-4-9(5-7-10)6-8-11;2-1-3/h10-11H,2-8H2,1H3;1-3H. The number of nitrogens with zero attached hydrogens (tertiary/aromatic N) is 1. The van der Waals surface area contributed by atoms with Gasteiger partial charge < -0.3 is 20.3 Å². The normalized spacial score (nSPS) is 9.57. The highest BCUT2D eigenvalue weighted by molar-refractivity contribution is 6.13. The van der Waals surface area contributed by atoms with Crippen molar-refractivity contribution in [3.05, 3.63) is 0 Å². The van der Waals surface area contributed by atoms with E-state index in [1.165, 1.54) is 0 Å². The molecule has 0 unspecified atom stereocenters. The largest absolute Gasteiger partial charge is 0.432 e. The second kappa shape index (κ2) is 15.3. The summed E-state index contributed by atoms with van der Waals surface area (Å²) in [5, 5.41) is 31.5. The first-order valence-corrected chi connectivity index (χ1v) is 4.92. The van der Waals surface area contributed by atoms with Gasteiger partial charge in [0.05, 0.1) is 13.2 Å². The third kappa shape index (κ3) is 14.4. The minimum Gasteiger partial charge on any atom is -0.430 e. The van der Waals surface area contributed by atoms with E-state index in [1.54, 1.807) is 0 Å². The van der Waals surface area contributed by atoms with Crippen molar-refractivity contribution in [1.29, 1.82) is 0 Å². The van der Waals surface area contributed by atoms with Gasteiger partial charge in [0, 0.05) is 13.1 Å². The maximum Gasteiger partial charge on any atom is 0.432 e. The van der Waals surface area contributed by atoms with Gasteiger partial charge in [-0.25, -0.2) is 0 Å². The van der Waals surface area contributed by atoms with Crippen molar-refractivity contribution in [3.63, 3.8) is 0 Å². The fourth-order valence-corrected chi connectivity index (χ4v) is 1.000. The third-order valence-electron chi connectivity index (χ3n) is 1.66. The molecule has 0 bridgehead atoms. The molecule has 0 aliphatic carbocycles. The first-order valence-electron chi connectivity index (χ1n) is 4.92. The summed E-state index contributed by atoms with van der Waals surface area (Å²) in [4.78, 5) is 2.07. The number of hydrogen-bond acceptors (Lipinski definition) is 5. The molecule has 0 heterocycles.